The van der Waals surface area contributed by atoms with Crippen LogP contribution in [-0.4, -0.2) is 9.97 Å². The van der Waals surface area contributed by atoms with Crippen molar-refractivity contribution in [3.05, 3.63) is 59.8 Å². The number of aromatic amines is 1. The molecule has 92 valence electrons. The van der Waals surface area contributed by atoms with Crippen molar-refractivity contribution in [2.45, 2.75) is 6.42 Å². The number of rotatable bonds is 2. The zero-order chi connectivity index (χ0) is 12.7. The number of hydrogen-bond donors (Lipinski definition) is 2. The monoisotopic (exact) mass is 247 g/mol. The number of benzene rings is 1. The minimum atomic E-state index is 0.858. The Balaban J connectivity index is 1.68. The molecule has 2 N–H and O–H groups in total. The van der Waals surface area contributed by atoms with Gasteiger partial charge in [0.1, 0.15) is 11.5 Å². The van der Waals surface area contributed by atoms with Gasteiger partial charge in [-0.2, -0.15) is 0 Å². The van der Waals surface area contributed by atoms with E-state index in [0.29, 0.717) is 0 Å². The average Bonchev–Trinajstić information content (AvgIpc) is 3.05. The van der Waals surface area contributed by atoms with Gasteiger partial charge >= 0.3 is 0 Å². The topological polar surface area (TPSA) is 40.7 Å². The van der Waals surface area contributed by atoms with Crippen molar-refractivity contribution < 1.29 is 0 Å². The van der Waals surface area contributed by atoms with E-state index in [0.717, 1.165) is 29.0 Å². The number of nitrogens with zero attached hydrogens (tertiary/aromatic N) is 1. The third kappa shape index (κ3) is 1.80. The Morgan fingerprint density at radius 2 is 2.11 bits per heavy atom. The average molecular weight is 247 g/mol. The Bertz CT molecular complexity index is 784. The maximum atomic E-state index is 4.54. The fraction of sp³-hybridized carbons (Fsp3) is 0.0625. The van der Waals surface area contributed by atoms with Crippen molar-refractivity contribution >= 4 is 28.6 Å². The standard InChI is InChI=1S/C16H13N3/c1-2-11-4-6-14(10-13(11)3-1)18-15-7-5-12-8-9-17-16(12)19-15/h1,3-10H,2H2,(H2,17,18,19). The molecule has 2 heterocycles. The van der Waals surface area contributed by atoms with E-state index in [-0.39, 0.29) is 0 Å². The molecular formula is C16H13N3. The van der Waals surface area contributed by atoms with Gasteiger partial charge in [-0.3, -0.25) is 0 Å². The zero-order valence-corrected chi connectivity index (χ0v) is 10.4. The van der Waals surface area contributed by atoms with Gasteiger partial charge in [-0.1, -0.05) is 18.2 Å². The molecule has 3 heteroatoms. The maximum absolute atomic E-state index is 4.54. The van der Waals surface area contributed by atoms with Crippen molar-refractivity contribution in [1.29, 1.82) is 0 Å². The molecular weight excluding hydrogens is 234 g/mol. The highest BCUT2D eigenvalue weighted by molar-refractivity contribution is 5.78. The van der Waals surface area contributed by atoms with Crippen LogP contribution in [0.2, 0.25) is 0 Å². The minimum absolute atomic E-state index is 0.858. The van der Waals surface area contributed by atoms with E-state index in [1.165, 1.54) is 11.1 Å². The summed E-state index contributed by atoms with van der Waals surface area (Å²) in [5.41, 5.74) is 4.67. The van der Waals surface area contributed by atoms with Crippen LogP contribution in [0.3, 0.4) is 0 Å². The van der Waals surface area contributed by atoms with Crippen molar-refractivity contribution in [1.82, 2.24) is 9.97 Å². The molecule has 3 nitrogen and oxygen atoms in total. The molecule has 0 aliphatic heterocycles. The van der Waals surface area contributed by atoms with Crippen LogP contribution in [0.15, 0.2) is 48.7 Å². The first kappa shape index (κ1) is 10.4. The van der Waals surface area contributed by atoms with E-state index in [4.69, 9.17) is 0 Å². The summed E-state index contributed by atoms with van der Waals surface area (Å²) in [5.74, 6) is 0.858. The Hall–Kier alpha value is -2.55. The van der Waals surface area contributed by atoms with Crippen LogP contribution in [0.4, 0.5) is 11.5 Å². The van der Waals surface area contributed by atoms with Crippen LogP contribution >= 0.6 is 0 Å². The predicted octanol–water partition coefficient (Wildman–Crippen LogP) is 3.88. The summed E-state index contributed by atoms with van der Waals surface area (Å²) in [6.07, 6.45) is 7.31. The molecule has 0 saturated heterocycles. The van der Waals surface area contributed by atoms with Crippen LogP contribution < -0.4 is 5.32 Å². The van der Waals surface area contributed by atoms with Crippen molar-refractivity contribution in [3.8, 4) is 0 Å². The first-order valence-corrected chi connectivity index (χ1v) is 6.39. The molecule has 0 bridgehead atoms. The number of hydrogen-bond acceptors (Lipinski definition) is 2. The van der Waals surface area contributed by atoms with Gasteiger partial charge in [0, 0.05) is 17.3 Å². The van der Waals surface area contributed by atoms with Gasteiger partial charge in [0.2, 0.25) is 0 Å². The normalized spacial score (nSPS) is 12.8. The molecule has 1 aliphatic carbocycles. The molecule has 0 radical (unpaired) electrons. The highest BCUT2D eigenvalue weighted by Crippen LogP contribution is 2.25. The number of aromatic nitrogens is 2. The number of fused-ring (bicyclic) bond motifs is 2. The Morgan fingerprint density at radius 3 is 3.11 bits per heavy atom. The summed E-state index contributed by atoms with van der Waals surface area (Å²) >= 11 is 0. The number of allylic oxidation sites excluding steroid dienone is 1. The lowest BCUT2D eigenvalue weighted by molar-refractivity contribution is 1.29. The second-order valence-electron chi connectivity index (χ2n) is 4.76. The molecule has 1 aliphatic rings. The number of anilines is 2. The summed E-state index contributed by atoms with van der Waals surface area (Å²) in [6.45, 7) is 0. The van der Waals surface area contributed by atoms with Gasteiger partial charge in [-0.15, -0.1) is 0 Å². The zero-order valence-electron chi connectivity index (χ0n) is 10.4. The molecule has 0 spiro atoms. The van der Waals surface area contributed by atoms with E-state index < -0.39 is 0 Å². The maximum Gasteiger partial charge on any atom is 0.139 e. The molecule has 0 amide bonds. The SMILES string of the molecule is C1=Cc2cc(Nc3ccc4cc[nH]c4n3)ccc2C1. The predicted molar refractivity (Wildman–Crippen MR) is 78.6 cm³/mol. The van der Waals surface area contributed by atoms with Crippen LogP contribution in [0.1, 0.15) is 11.1 Å². The Labute approximate surface area is 111 Å². The van der Waals surface area contributed by atoms with Crippen LogP contribution in [-0.2, 0) is 6.42 Å². The first-order chi connectivity index (χ1) is 9.38. The fourth-order valence-corrected chi connectivity index (χ4v) is 2.47. The van der Waals surface area contributed by atoms with Gasteiger partial charge < -0.3 is 10.3 Å². The van der Waals surface area contributed by atoms with Gasteiger partial charge in [-0.25, -0.2) is 4.98 Å². The van der Waals surface area contributed by atoms with Crippen molar-refractivity contribution in [3.63, 3.8) is 0 Å². The van der Waals surface area contributed by atoms with Crippen LogP contribution in [0.25, 0.3) is 17.1 Å². The largest absolute Gasteiger partial charge is 0.346 e. The molecule has 0 saturated carbocycles. The molecule has 4 rings (SSSR count). The third-order valence-corrected chi connectivity index (χ3v) is 3.46. The molecule has 19 heavy (non-hydrogen) atoms. The van der Waals surface area contributed by atoms with Crippen molar-refractivity contribution in [2.75, 3.05) is 5.32 Å². The molecule has 0 unspecified atom stereocenters. The van der Waals surface area contributed by atoms with Gasteiger partial charge in [-0.05, 0) is 47.9 Å². The summed E-state index contributed by atoms with van der Waals surface area (Å²) in [6, 6.07) is 12.5. The summed E-state index contributed by atoms with van der Waals surface area (Å²) in [7, 11) is 0. The fourth-order valence-electron chi connectivity index (χ4n) is 2.47. The first-order valence-electron chi connectivity index (χ1n) is 6.39. The Kier molecular flexibility index (Phi) is 2.18. The lowest BCUT2D eigenvalue weighted by Crippen LogP contribution is -1.94. The Morgan fingerprint density at radius 1 is 1.11 bits per heavy atom. The smallest absolute Gasteiger partial charge is 0.139 e. The molecule has 2 aromatic heterocycles. The van der Waals surface area contributed by atoms with E-state index >= 15 is 0 Å². The summed E-state index contributed by atoms with van der Waals surface area (Å²) < 4.78 is 0. The number of H-pyrrole nitrogens is 1. The molecule has 3 aromatic rings. The van der Waals surface area contributed by atoms with Crippen molar-refractivity contribution in [2.24, 2.45) is 0 Å². The minimum Gasteiger partial charge on any atom is -0.346 e. The van der Waals surface area contributed by atoms with E-state index in [1.54, 1.807) is 0 Å². The number of nitrogens with one attached hydrogen (secondary N) is 2. The number of pyridine rings is 1. The van der Waals surface area contributed by atoms with Gasteiger partial charge in [0.05, 0.1) is 0 Å². The van der Waals surface area contributed by atoms with E-state index in [1.807, 2.05) is 18.3 Å². The highest BCUT2D eigenvalue weighted by atomic mass is 15.0. The van der Waals surface area contributed by atoms with Gasteiger partial charge in [0.15, 0.2) is 0 Å². The molecule has 1 aromatic carbocycles. The third-order valence-electron chi connectivity index (χ3n) is 3.46. The highest BCUT2D eigenvalue weighted by Gasteiger charge is 2.06. The quantitative estimate of drug-likeness (QED) is 0.721. The van der Waals surface area contributed by atoms with Crippen LogP contribution in [0, 0.1) is 0 Å². The lowest BCUT2D eigenvalue weighted by Gasteiger charge is -2.07. The summed E-state index contributed by atoms with van der Waals surface area (Å²) in [4.78, 5) is 7.66. The van der Waals surface area contributed by atoms with E-state index in [9.17, 15) is 0 Å². The summed E-state index contributed by atoms with van der Waals surface area (Å²) in [5, 5.41) is 4.48. The van der Waals surface area contributed by atoms with Gasteiger partial charge in [0.25, 0.3) is 0 Å². The second-order valence-corrected chi connectivity index (χ2v) is 4.76. The molecule has 0 fully saturated rings. The van der Waals surface area contributed by atoms with E-state index in [2.05, 4.69) is 51.7 Å². The second kappa shape index (κ2) is 3.99. The lowest BCUT2D eigenvalue weighted by atomic mass is 10.1. The molecule has 0 atom stereocenters. The van der Waals surface area contributed by atoms with Crippen LogP contribution in [0.5, 0.6) is 0 Å².